The van der Waals surface area contributed by atoms with E-state index in [1.165, 1.54) is 25.0 Å². The van der Waals surface area contributed by atoms with Gasteiger partial charge in [-0.3, -0.25) is 0 Å². The molecule has 1 atom stereocenters. The highest BCUT2D eigenvalue weighted by Gasteiger charge is 2.20. The Hall–Kier alpha value is -1.60. The second-order valence-electron chi connectivity index (χ2n) is 4.67. The van der Waals surface area contributed by atoms with Gasteiger partial charge in [-0.2, -0.15) is 5.26 Å². The monoisotopic (exact) mass is 248 g/mol. The lowest BCUT2D eigenvalue weighted by Crippen LogP contribution is -2.26. The van der Waals surface area contributed by atoms with Gasteiger partial charge in [-0.15, -0.1) is 0 Å². The molecule has 3 nitrogen and oxygen atoms in total. The van der Waals surface area contributed by atoms with Crippen molar-refractivity contribution in [3.63, 3.8) is 0 Å². The lowest BCUT2D eigenvalue weighted by atomic mass is 10.1. The van der Waals surface area contributed by atoms with Crippen LogP contribution < -0.4 is 4.74 Å². The molecule has 1 aromatic rings. The second kappa shape index (κ2) is 5.83. The van der Waals surface area contributed by atoms with Crippen molar-refractivity contribution >= 4 is 0 Å². The maximum Gasteiger partial charge on any atom is 0.166 e. The molecule has 0 N–H and O–H groups in total. The van der Waals surface area contributed by atoms with E-state index in [0.717, 1.165) is 13.0 Å². The molecule has 96 valence electrons. The number of nitrogens with zero attached hydrogens (tertiary/aromatic N) is 2. The normalized spacial score (nSPS) is 19.7. The van der Waals surface area contributed by atoms with Gasteiger partial charge >= 0.3 is 0 Å². The molecular formula is C14H17FN2O. The van der Waals surface area contributed by atoms with Crippen molar-refractivity contribution in [1.29, 1.82) is 5.26 Å². The van der Waals surface area contributed by atoms with Crippen molar-refractivity contribution in [1.82, 2.24) is 4.90 Å². The first kappa shape index (κ1) is 12.8. The number of rotatable bonds is 4. The number of halogens is 1. The summed E-state index contributed by atoms with van der Waals surface area (Å²) in [5.74, 6) is -0.233. The molecule has 1 fully saturated rings. The summed E-state index contributed by atoms with van der Waals surface area (Å²) < 4.78 is 19.0. The highest BCUT2D eigenvalue weighted by atomic mass is 19.1. The van der Waals surface area contributed by atoms with E-state index >= 15 is 0 Å². The molecule has 1 unspecified atom stereocenters. The fourth-order valence-electron chi connectivity index (χ4n) is 2.34. The Balaban J connectivity index is 1.85. The molecule has 0 amide bonds. The molecule has 0 aliphatic carbocycles. The van der Waals surface area contributed by atoms with Gasteiger partial charge < -0.3 is 9.64 Å². The summed E-state index contributed by atoms with van der Waals surface area (Å²) in [4.78, 5) is 2.32. The molecule has 1 aliphatic heterocycles. The zero-order valence-corrected chi connectivity index (χ0v) is 10.5. The quantitative estimate of drug-likeness (QED) is 0.821. The van der Waals surface area contributed by atoms with Crippen LogP contribution in [0, 0.1) is 17.1 Å². The lowest BCUT2D eigenvalue weighted by Gasteiger charge is -2.19. The molecule has 1 heterocycles. The van der Waals surface area contributed by atoms with E-state index in [-0.39, 0.29) is 5.75 Å². The largest absolute Gasteiger partial charge is 0.490 e. The number of likely N-dealkylation sites (tertiary alicyclic amines) is 1. The van der Waals surface area contributed by atoms with Gasteiger partial charge in [0, 0.05) is 6.04 Å². The van der Waals surface area contributed by atoms with Gasteiger partial charge in [0.05, 0.1) is 18.2 Å². The number of nitriles is 1. The van der Waals surface area contributed by atoms with Crippen LogP contribution in [-0.4, -0.2) is 31.1 Å². The van der Waals surface area contributed by atoms with Crippen molar-refractivity contribution in [2.75, 3.05) is 20.2 Å². The van der Waals surface area contributed by atoms with E-state index in [9.17, 15) is 4.39 Å². The Morgan fingerprint density at radius 3 is 3.00 bits per heavy atom. The van der Waals surface area contributed by atoms with Crippen LogP contribution in [0.3, 0.4) is 0 Å². The van der Waals surface area contributed by atoms with Crippen LogP contribution in [0.5, 0.6) is 5.75 Å². The fraction of sp³-hybridized carbons (Fsp3) is 0.500. The minimum atomic E-state index is -0.464. The molecule has 18 heavy (non-hydrogen) atoms. The van der Waals surface area contributed by atoms with Crippen molar-refractivity contribution in [3.05, 3.63) is 29.6 Å². The Kier molecular flexibility index (Phi) is 4.16. The molecule has 1 aromatic carbocycles. The molecule has 0 spiro atoms. The van der Waals surface area contributed by atoms with Gasteiger partial charge in [0.25, 0.3) is 0 Å². The first-order valence-corrected chi connectivity index (χ1v) is 6.23. The van der Waals surface area contributed by atoms with Crippen LogP contribution >= 0.6 is 0 Å². The van der Waals surface area contributed by atoms with E-state index < -0.39 is 5.82 Å². The molecule has 0 bridgehead atoms. The maximum absolute atomic E-state index is 13.5. The summed E-state index contributed by atoms with van der Waals surface area (Å²) >= 11 is 0. The topological polar surface area (TPSA) is 36.3 Å². The summed E-state index contributed by atoms with van der Waals surface area (Å²) in [6.45, 7) is 1.65. The predicted molar refractivity (Wildman–Crippen MR) is 66.9 cm³/mol. The predicted octanol–water partition coefficient (Wildman–Crippen LogP) is 2.56. The number of ether oxygens (including phenoxy) is 1. The van der Waals surface area contributed by atoms with Gasteiger partial charge in [-0.25, -0.2) is 4.39 Å². The molecule has 0 saturated carbocycles. The molecule has 2 rings (SSSR count). The Bertz CT molecular complexity index is 456. The third-order valence-electron chi connectivity index (χ3n) is 3.44. The molecule has 0 aromatic heterocycles. The molecule has 0 radical (unpaired) electrons. The Labute approximate surface area is 107 Å². The minimum absolute atomic E-state index is 0.231. The third kappa shape index (κ3) is 2.99. The highest BCUT2D eigenvalue weighted by Crippen LogP contribution is 2.21. The van der Waals surface area contributed by atoms with Gasteiger partial charge in [-0.1, -0.05) is 0 Å². The van der Waals surface area contributed by atoms with Crippen LogP contribution in [0.25, 0.3) is 0 Å². The first-order chi connectivity index (χ1) is 8.70. The zero-order chi connectivity index (χ0) is 13.0. The summed E-state index contributed by atoms with van der Waals surface area (Å²) in [6.07, 6.45) is 3.33. The van der Waals surface area contributed by atoms with E-state index in [1.807, 2.05) is 6.07 Å². The van der Waals surface area contributed by atoms with Crippen LogP contribution in [0.15, 0.2) is 18.2 Å². The number of hydrogen-bond donors (Lipinski definition) is 0. The molecule has 4 heteroatoms. The number of hydrogen-bond acceptors (Lipinski definition) is 3. The van der Waals surface area contributed by atoms with Crippen molar-refractivity contribution in [2.24, 2.45) is 0 Å². The molecule has 1 saturated heterocycles. The van der Waals surface area contributed by atoms with Crippen LogP contribution in [0.4, 0.5) is 4.39 Å². The summed E-state index contributed by atoms with van der Waals surface area (Å²) in [6, 6.07) is 6.74. The van der Waals surface area contributed by atoms with Gasteiger partial charge in [0.15, 0.2) is 11.6 Å². The van der Waals surface area contributed by atoms with Gasteiger partial charge in [-0.05, 0) is 51.1 Å². The van der Waals surface area contributed by atoms with Crippen molar-refractivity contribution in [2.45, 2.75) is 25.3 Å². The second-order valence-corrected chi connectivity index (χ2v) is 4.67. The van der Waals surface area contributed by atoms with Crippen LogP contribution in [0.2, 0.25) is 0 Å². The third-order valence-corrected chi connectivity index (χ3v) is 3.44. The van der Waals surface area contributed by atoms with Crippen molar-refractivity contribution in [3.8, 4) is 11.8 Å². The standard InChI is InChI=1S/C14H17FN2O/c1-17-7-2-3-12(17)6-8-18-14-5-4-11(10-16)9-13(14)15/h4-5,9,12H,2-3,6-8H2,1H3. The van der Waals surface area contributed by atoms with Crippen LogP contribution in [0.1, 0.15) is 24.8 Å². The van der Waals surface area contributed by atoms with E-state index in [1.54, 1.807) is 6.07 Å². The summed E-state index contributed by atoms with van der Waals surface area (Å²) in [5, 5.41) is 8.64. The molecular weight excluding hydrogens is 231 g/mol. The highest BCUT2D eigenvalue weighted by molar-refractivity contribution is 5.35. The SMILES string of the molecule is CN1CCCC1CCOc1ccc(C#N)cc1F. The maximum atomic E-state index is 13.5. The minimum Gasteiger partial charge on any atom is -0.490 e. The average Bonchev–Trinajstić information content (AvgIpc) is 2.77. The van der Waals surface area contributed by atoms with E-state index in [0.29, 0.717) is 18.2 Å². The zero-order valence-electron chi connectivity index (χ0n) is 10.5. The van der Waals surface area contributed by atoms with Gasteiger partial charge in [0.2, 0.25) is 0 Å². The van der Waals surface area contributed by atoms with E-state index in [2.05, 4.69) is 11.9 Å². The first-order valence-electron chi connectivity index (χ1n) is 6.23. The van der Waals surface area contributed by atoms with Gasteiger partial charge in [0.1, 0.15) is 0 Å². The average molecular weight is 248 g/mol. The Morgan fingerprint density at radius 1 is 1.56 bits per heavy atom. The van der Waals surface area contributed by atoms with Crippen LogP contribution in [-0.2, 0) is 0 Å². The Morgan fingerprint density at radius 2 is 2.39 bits per heavy atom. The summed E-state index contributed by atoms with van der Waals surface area (Å²) in [7, 11) is 2.11. The fourth-order valence-corrected chi connectivity index (χ4v) is 2.34. The number of benzene rings is 1. The van der Waals surface area contributed by atoms with E-state index in [4.69, 9.17) is 10.00 Å². The van der Waals surface area contributed by atoms with Crippen molar-refractivity contribution < 1.29 is 9.13 Å². The smallest absolute Gasteiger partial charge is 0.166 e. The molecule has 1 aliphatic rings. The summed E-state index contributed by atoms with van der Waals surface area (Å²) in [5.41, 5.74) is 0.315. The lowest BCUT2D eigenvalue weighted by molar-refractivity contribution is 0.228.